The molecule has 0 aliphatic carbocycles. The summed E-state index contributed by atoms with van der Waals surface area (Å²) >= 11 is 0. The summed E-state index contributed by atoms with van der Waals surface area (Å²) in [6.45, 7) is 10.6. The van der Waals surface area contributed by atoms with Gasteiger partial charge in [0.25, 0.3) is 0 Å². The molecule has 2 N–H and O–H groups in total. The number of benzene rings is 1. The third-order valence-corrected chi connectivity index (χ3v) is 5.58. The lowest BCUT2D eigenvalue weighted by molar-refractivity contribution is -0.125. The molecule has 136 valence electrons. The van der Waals surface area contributed by atoms with E-state index in [2.05, 4.69) is 30.8 Å². The van der Waals surface area contributed by atoms with Crippen LogP contribution in [0.25, 0.3) is 0 Å². The zero-order chi connectivity index (χ0) is 18.4. The molecule has 0 heterocycles. The molecule has 0 fully saturated rings. The normalized spacial score (nSPS) is 12.4. The molecule has 0 bridgehead atoms. The summed E-state index contributed by atoms with van der Waals surface area (Å²) in [4.78, 5) is 12.1. The highest BCUT2D eigenvalue weighted by atomic mass is 32.2. The van der Waals surface area contributed by atoms with Gasteiger partial charge in [0.2, 0.25) is 15.9 Å². The zero-order valence-electron chi connectivity index (χ0n) is 15.3. The molecule has 24 heavy (non-hydrogen) atoms. The van der Waals surface area contributed by atoms with Crippen LogP contribution in [0.5, 0.6) is 0 Å². The monoisotopic (exact) mass is 354 g/mol. The second-order valence-corrected chi connectivity index (χ2v) is 8.74. The maximum Gasteiger partial charge on any atom is 0.240 e. The Balaban J connectivity index is 2.57. The number of carbonyl (C=O) groups is 1. The molecule has 0 aliphatic rings. The fraction of sp³-hybridized carbons (Fsp3) is 0.611. The van der Waals surface area contributed by atoms with Gasteiger partial charge >= 0.3 is 0 Å². The minimum absolute atomic E-state index is 0.00782. The first-order valence-electron chi connectivity index (χ1n) is 8.49. The lowest BCUT2D eigenvalue weighted by atomic mass is 9.87. The Morgan fingerprint density at radius 3 is 2.04 bits per heavy atom. The highest BCUT2D eigenvalue weighted by Gasteiger charge is 2.18. The van der Waals surface area contributed by atoms with Crippen LogP contribution >= 0.6 is 0 Å². The van der Waals surface area contributed by atoms with E-state index in [-0.39, 0.29) is 35.2 Å². The summed E-state index contributed by atoms with van der Waals surface area (Å²) in [5.41, 5.74) is 1.06. The van der Waals surface area contributed by atoms with E-state index in [1.807, 2.05) is 26.0 Å². The van der Waals surface area contributed by atoms with Crippen molar-refractivity contribution in [2.24, 2.45) is 5.92 Å². The molecule has 1 amide bonds. The Kier molecular flexibility index (Phi) is 7.42. The number of amides is 1. The summed E-state index contributed by atoms with van der Waals surface area (Å²) in [7, 11) is -3.55. The highest BCUT2D eigenvalue weighted by molar-refractivity contribution is 7.89. The Morgan fingerprint density at radius 2 is 1.58 bits per heavy atom. The molecule has 0 aromatic heterocycles. The second kappa shape index (κ2) is 8.62. The van der Waals surface area contributed by atoms with Crippen LogP contribution in [0.15, 0.2) is 29.2 Å². The molecule has 6 heteroatoms. The third kappa shape index (κ3) is 5.91. The standard InChI is InChI=1S/C18H30N2O3S/c1-6-14(7-2)17(21)19-12-13-20-24(22,23)16-10-8-15(9-11-16)18(3,4)5/h8-11,14,20H,6-7,12-13H2,1-5H3,(H,19,21). The number of hydrogen-bond acceptors (Lipinski definition) is 3. The van der Waals surface area contributed by atoms with Gasteiger partial charge in [-0.1, -0.05) is 46.8 Å². The van der Waals surface area contributed by atoms with E-state index in [4.69, 9.17) is 0 Å². The lowest BCUT2D eigenvalue weighted by Crippen LogP contribution is -2.37. The molecule has 0 saturated heterocycles. The van der Waals surface area contributed by atoms with Crippen molar-refractivity contribution < 1.29 is 13.2 Å². The van der Waals surface area contributed by atoms with E-state index >= 15 is 0 Å². The van der Waals surface area contributed by atoms with Crippen LogP contribution in [0.2, 0.25) is 0 Å². The molecule has 0 unspecified atom stereocenters. The molecular formula is C18H30N2O3S. The van der Waals surface area contributed by atoms with Crippen LogP contribution in [0.4, 0.5) is 0 Å². The van der Waals surface area contributed by atoms with Gasteiger partial charge in [-0.2, -0.15) is 0 Å². The van der Waals surface area contributed by atoms with E-state index < -0.39 is 10.0 Å². The first-order chi connectivity index (χ1) is 11.1. The molecule has 0 saturated carbocycles. The fourth-order valence-electron chi connectivity index (χ4n) is 2.39. The van der Waals surface area contributed by atoms with Crippen molar-refractivity contribution in [2.45, 2.75) is 57.8 Å². The minimum atomic E-state index is -3.55. The lowest BCUT2D eigenvalue weighted by Gasteiger charge is -2.19. The maximum atomic E-state index is 12.3. The third-order valence-electron chi connectivity index (χ3n) is 4.10. The first kappa shape index (κ1) is 20.6. The van der Waals surface area contributed by atoms with Crippen LogP contribution in [0.3, 0.4) is 0 Å². The average molecular weight is 355 g/mol. The molecule has 1 aromatic carbocycles. The Hall–Kier alpha value is -1.40. The van der Waals surface area contributed by atoms with Gasteiger partial charge in [0.15, 0.2) is 0 Å². The van der Waals surface area contributed by atoms with Gasteiger partial charge in [0.1, 0.15) is 0 Å². The van der Waals surface area contributed by atoms with Crippen molar-refractivity contribution in [1.82, 2.24) is 10.0 Å². The van der Waals surface area contributed by atoms with Gasteiger partial charge in [-0.05, 0) is 36.0 Å². The van der Waals surface area contributed by atoms with Gasteiger partial charge in [0, 0.05) is 19.0 Å². The quantitative estimate of drug-likeness (QED) is 0.705. The van der Waals surface area contributed by atoms with E-state index in [1.54, 1.807) is 12.1 Å². The SMILES string of the molecule is CCC(CC)C(=O)NCCNS(=O)(=O)c1ccc(C(C)(C)C)cc1. The molecule has 1 rings (SSSR count). The van der Waals surface area contributed by atoms with Crippen LogP contribution in [-0.2, 0) is 20.2 Å². The number of carbonyl (C=O) groups excluding carboxylic acids is 1. The largest absolute Gasteiger partial charge is 0.355 e. The highest BCUT2D eigenvalue weighted by Crippen LogP contribution is 2.23. The van der Waals surface area contributed by atoms with Crippen molar-refractivity contribution >= 4 is 15.9 Å². The first-order valence-corrected chi connectivity index (χ1v) is 9.98. The summed E-state index contributed by atoms with van der Waals surface area (Å²) < 4.78 is 27.0. The fourth-order valence-corrected chi connectivity index (χ4v) is 3.42. The summed E-state index contributed by atoms with van der Waals surface area (Å²) in [5, 5.41) is 2.77. The van der Waals surface area contributed by atoms with E-state index in [1.165, 1.54) is 0 Å². The van der Waals surface area contributed by atoms with Crippen molar-refractivity contribution in [3.63, 3.8) is 0 Å². The van der Waals surface area contributed by atoms with Gasteiger partial charge in [0.05, 0.1) is 4.90 Å². The molecule has 0 atom stereocenters. The maximum absolute atomic E-state index is 12.3. The van der Waals surface area contributed by atoms with Gasteiger partial charge in [-0.3, -0.25) is 4.79 Å². The Bertz CT molecular complexity index is 627. The van der Waals surface area contributed by atoms with E-state index in [0.717, 1.165) is 18.4 Å². The number of nitrogens with one attached hydrogen (secondary N) is 2. The minimum Gasteiger partial charge on any atom is -0.355 e. The van der Waals surface area contributed by atoms with Crippen LogP contribution in [-0.4, -0.2) is 27.4 Å². The number of sulfonamides is 1. The van der Waals surface area contributed by atoms with Gasteiger partial charge < -0.3 is 5.32 Å². The second-order valence-electron chi connectivity index (χ2n) is 6.98. The van der Waals surface area contributed by atoms with Crippen molar-refractivity contribution in [2.75, 3.05) is 13.1 Å². The van der Waals surface area contributed by atoms with Crippen molar-refractivity contribution in [1.29, 1.82) is 0 Å². The van der Waals surface area contributed by atoms with Gasteiger partial charge in [-0.15, -0.1) is 0 Å². The number of rotatable bonds is 8. The van der Waals surface area contributed by atoms with Gasteiger partial charge in [-0.25, -0.2) is 13.1 Å². The average Bonchev–Trinajstić information content (AvgIpc) is 2.52. The summed E-state index contributed by atoms with van der Waals surface area (Å²) in [5.74, 6) is -0.0275. The van der Waals surface area contributed by atoms with Crippen molar-refractivity contribution in [3.05, 3.63) is 29.8 Å². The van der Waals surface area contributed by atoms with Crippen LogP contribution in [0, 0.1) is 5.92 Å². The number of hydrogen-bond donors (Lipinski definition) is 2. The van der Waals surface area contributed by atoms with E-state index in [9.17, 15) is 13.2 Å². The molecule has 0 spiro atoms. The summed E-state index contributed by atoms with van der Waals surface area (Å²) in [6, 6.07) is 6.91. The van der Waals surface area contributed by atoms with E-state index in [0.29, 0.717) is 0 Å². The predicted octanol–water partition coefficient (Wildman–Crippen LogP) is 2.81. The Morgan fingerprint density at radius 1 is 1.04 bits per heavy atom. The van der Waals surface area contributed by atoms with Crippen molar-refractivity contribution in [3.8, 4) is 0 Å². The van der Waals surface area contributed by atoms with Crippen LogP contribution < -0.4 is 10.0 Å². The zero-order valence-corrected chi connectivity index (χ0v) is 16.2. The Labute approximate surface area is 146 Å². The molecule has 5 nitrogen and oxygen atoms in total. The summed E-state index contributed by atoms with van der Waals surface area (Å²) in [6.07, 6.45) is 1.57. The smallest absolute Gasteiger partial charge is 0.240 e. The van der Waals surface area contributed by atoms with Crippen LogP contribution in [0.1, 0.15) is 53.0 Å². The topological polar surface area (TPSA) is 75.3 Å². The predicted molar refractivity (Wildman–Crippen MR) is 97.4 cm³/mol. The molecule has 0 aliphatic heterocycles. The molecular weight excluding hydrogens is 324 g/mol. The molecule has 0 radical (unpaired) electrons. The molecule has 1 aromatic rings.